The summed E-state index contributed by atoms with van der Waals surface area (Å²) >= 11 is -2.15. The molecular weight excluding hydrogens is 367 g/mol. The van der Waals surface area contributed by atoms with E-state index in [0.29, 0.717) is 12.5 Å². The summed E-state index contributed by atoms with van der Waals surface area (Å²) < 4.78 is 10.7. The molecule has 0 bridgehead atoms. The molecule has 1 fully saturated rings. The third kappa shape index (κ3) is 5.76. The Labute approximate surface area is 136 Å². The second-order valence-corrected chi connectivity index (χ2v) is 21.0. The van der Waals surface area contributed by atoms with Gasteiger partial charge in [-0.3, -0.25) is 0 Å². The van der Waals surface area contributed by atoms with E-state index in [1.807, 2.05) is 6.92 Å². The molecule has 2 nitrogen and oxygen atoms in total. The molecule has 0 N–H and O–H groups in total. The van der Waals surface area contributed by atoms with Gasteiger partial charge < -0.3 is 0 Å². The first kappa shape index (κ1) is 19.3. The number of carbonyl (C=O) groups excluding carboxylic acids is 1. The van der Waals surface area contributed by atoms with E-state index in [9.17, 15) is 4.79 Å². The first-order valence-electron chi connectivity index (χ1n) is 9.31. The fourth-order valence-electron chi connectivity index (χ4n) is 3.90. The van der Waals surface area contributed by atoms with Gasteiger partial charge in [0.15, 0.2) is 0 Å². The fraction of sp³-hybridized carbons (Fsp3) is 0.944. The predicted molar refractivity (Wildman–Crippen MR) is 93.4 cm³/mol. The van der Waals surface area contributed by atoms with Crippen molar-refractivity contribution >= 4 is 24.3 Å². The number of hydrogen-bond donors (Lipinski definition) is 0. The van der Waals surface area contributed by atoms with Gasteiger partial charge in [0.25, 0.3) is 0 Å². The van der Waals surface area contributed by atoms with Crippen molar-refractivity contribution in [1.82, 2.24) is 0 Å². The Morgan fingerprint density at radius 2 is 1.43 bits per heavy atom. The van der Waals surface area contributed by atoms with Crippen LogP contribution in [0.5, 0.6) is 0 Å². The van der Waals surface area contributed by atoms with Gasteiger partial charge in [-0.1, -0.05) is 0 Å². The van der Waals surface area contributed by atoms with Gasteiger partial charge in [0.2, 0.25) is 0 Å². The number of carbonyl (C=O) groups is 1. The van der Waals surface area contributed by atoms with Crippen LogP contribution in [-0.2, 0) is 9.53 Å². The average Bonchev–Trinajstić information content (AvgIpc) is 3.28. The molecule has 0 amide bonds. The van der Waals surface area contributed by atoms with Crippen LogP contribution in [0, 0.1) is 5.92 Å². The molecule has 0 aromatic rings. The number of rotatable bonds is 12. The van der Waals surface area contributed by atoms with Crippen molar-refractivity contribution in [2.75, 3.05) is 6.61 Å². The van der Waals surface area contributed by atoms with Crippen LogP contribution in [0.15, 0.2) is 0 Å². The summed E-state index contributed by atoms with van der Waals surface area (Å²) in [5, 5.41) is 0. The Kier molecular flexibility index (Phi) is 9.31. The minimum absolute atomic E-state index is 0.119. The molecule has 1 aliphatic rings. The van der Waals surface area contributed by atoms with E-state index in [-0.39, 0.29) is 5.97 Å². The summed E-state index contributed by atoms with van der Waals surface area (Å²) in [5.74, 6) is 0.416. The van der Waals surface area contributed by atoms with Gasteiger partial charge in [0.05, 0.1) is 0 Å². The molecule has 1 saturated carbocycles. The molecule has 0 aromatic carbocycles. The van der Waals surface area contributed by atoms with Crippen LogP contribution in [0.3, 0.4) is 0 Å². The van der Waals surface area contributed by atoms with E-state index >= 15 is 0 Å². The van der Waals surface area contributed by atoms with Gasteiger partial charge in [0.1, 0.15) is 0 Å². The molecule has 21 heavy (non-hydrogen) atoms. The van der Waals surface area contributed by atoms with Crippen LogP contribution in [0.4, 0.5) is 0 Å². The third-order valence-electron chi connectivity index (χ3n) is 5.25. The maximum absolute atomic E-state index is 12.1. The van der Waals surface area contributed by atoms with Gasteiger partial charge in [-0.2, -0.15) is 0 Å². The molecule has 0 spiro atoms. The Morgan fingerprint density at radius 1 is 0.952 bits per heavy atom. The van der Waals surface area contributed by atoms with Gasteiger partial charge in [0, 0.05) is 0 Å². The number of unbranched alkanes of at least 4 members (excludes halogenated alkanes) is 3. The number of ether oxygens (including phenoxy) is 1. The molecule has 0 aromatic heterocycles. The van der Waals surface area contributed by atoms with E-state index in [1.165, 1.54) is 58.3 Å². The number of esters is 1. The van der Waals surface area contributed by atoms with Crippen LogP contribution in [0.2, 0.25) is 17.2 Å². The Bertz CT molecular complexity index is 282. The van der Waals surface area contributed by atoms with Crippen LogP contribution < -0.4 is 0 Å². The van der Waals surface area contributed by atoms with Gasteiger partial charge in [-0.25, -0.2) is 0 Å². The van der Waals surface area contributed by atoms with E-state index in [0.717, 1.165) is 3.93 Å². The maximum atomic E-state index is 12.1. The molecule has 0 aliphatic heterocycles. The van der Waals surface area contributed by atoms with E-state index in [1.54, 1.807) is 0 Å². The summed E-state index contributed by atoms with van der Waals surface area (Å²) in [6, 6.07) is 0. The Morgan fingerprint density at radius 3 is 1.81 bits per heavy atom. The van der Waals surface area contributed by atoms with E-state index in [2.05, 4.69) is 20.8 Å². The topological polar surface area (TPSA) is 26.3 Å². The van der Waals surface area contributed by atoms with Gasteiger partial charge in [-0.15, -0.1) is 0 Å². The SMILES string of the molecule is CCC[CH2][Sn]([CH2]CCC)([CH2]CCC)[C@@H]1C[C@@H]1C(=O)OCC. The van der Waals surface area contributed by atoms with Gasteiger partial charge in [-0.05, 0) is 0 Å². The normalized spacial score (nSPS) is 21.3. The van der Waals surface area contributed by atoms with Crippen LogP contribution in [0.1, 0.15) is 72.6 Å². The van der Waals surface area contributed by atoms with Crippen LogP contribution in [-0.4, -0.2) is 31.0 Å². The standard InChI is InChI=1S/C6H9O2.3C4H9.Sn/c1-2-8-6(7)5-3-4-5;3*1-3-4-2;/h3,5H,2,4H2,1H3;3*1,3-4H2,2H3;/t5-;;;;/m1..../s1. The zero-order valence-corrected chi connectivity index (χ0v) is 17.6. The Balaban J connectivity index is 2.75. The van der Waals surface area contributed by atoms with Crippen molar-refractivity contribution in [3.63, 3.8) is 0 Å². The summed E-state index contributed by atoms with van der Waals surface area (Å²) in [4.78, 5) is 12.1. The van der Waals surface area contributed by atoms with Crippen molar-refractivity contribution in [3.05, 3.63) is 0 Å². The van der Waals surface area contributed by atoms with Crippen LogP contribution >= 0.6 is 0 Å². The molecule has 3 heteroatoms. The first-order valence-corrected chi connectivity index (χ1v) is 17.0. The fourth-order valence-corrected chi connectivity index (χ4v) is 23.2. The molecule has 124 valence electrons. The second kappa shape index (κ2) is 10.1. The van der Waals surface area contributed by atoms with Crippen molar-refractivity contribution in [1.29, 1.82) is 0 Å². The molecule has 2 atom stereocenters. The predicted octanol–water partition coefficient (Wildman–Crippen LogP) is 5.79. The number of hydrogen-bond acceptors (Lipinski definition) is 2. The monoisotopic (exact) mass is 404 g/mol. The third-order valence-corrected chi connectivity index (χ3v) is 23.1. The Hall–Kier alpha value is 0.269. The zero-order chi connectivity index (χ0) is 15.7. The van der Waals surface area contributed by atoms with Crippen LogP contribution in [0.25, 0.3) is 0 Å². The van der Waals surface area contributed by atoms with E-state index < -0.39 is 18.4 Å². The first-order chi connectivity index (χ1) is 10.1. The summed E-state index contributed by atoms with van der Waals surface area (Å²) in [6.45, 7) is 9.41. The van der Waals surface area contributed by atoms with Crippen molar-refractivity contribution < 1.29 is 9.53 Å². The molecule has 0 heterocycles. The molecule has 1 aliphatic carbocycles. The minimum atomic E-state index is -2.15. The molecule has 1 rings (SSSR count). The molecular formula is C18H36O2Sn. The summed E-state index contributed by atoms with van der Waals surface area (Å²) in [7, 11) is 0. The summed E-state index contributed by atoms with van der Waals surface area (Å²) in [6.07, 6.45) is 9.31. The molecule has 0 unspecified atom stereocenters. The molecule has 0 radical (unpaired) electrons. The quantitative estimate of drug-likeness (QED) is 0.305. The molecule has 0 saturated heterocycles. The van der Waals surface area contributed by atoms with Crippen molar-refractivity contribution in [3.8, 4) is 0 Å². The van der Waals surface area contributed by atoms with Gasteiger partial charge >= 0.3 is 136 Å². The zero-order valence-electron chi connectivity index (χ0n) is 14.7. The van der Waals surface area contributed by atoms with E-state index in [4.69, 9.17) is 4.74 Å². The van der Waals surface area contributed by atoms with Crippen molar-refractivity contribution in [2.45, 2.75) is 89.9 Å². The average molecular weight is 403 g/mol. The summed E-state index contributed by atoms with van der Waals surface area (Å²) in [5.41, 5.74) is 0. The van der Waals surface area contributed by atoms with Crippen molar-refractivity contribution in [2.24, 2.45) is 5.92 Å². The second-order valence-electron chi connectivity index (χ2n) is 6.87.